The highest BCUT2D eigenvalue weighted by Crippen LogP contribution is 2.26. The molecule has 1 aromatic heterocycles. The van der Waals surface area contributed by atoms with Crippen LogP contribution in [0.5, 0.6) is 11.5 Å². The minimum atomic E-state index is -1.03. The molecule has 0 amide bonds. The van der Waals surface area contributed by atoms with E-state index in [4.69, 9.17) is 14.6 Å². The van der Waals surface area contributed by atoms with Gasteiger partial charge in [-0.1, -0.05) is 0 Å². The zero-order valence-electron chi connectivity index (χ0n) is 16.0. The van der Waals surface area contributed by atoms with E-state index in [1.165, 1.54) is 0 Å². The lowest BCUT2D eigenvalue weighted by Gasteiger charge is -2.12. The van der Waals surface area contributed by atoms with Crippen molar-refractivity contribution in [1.29, 1.82) is 0 Å². The van der Waals surface area contributed by atoms with Gasteiger partial charge in [0.25, 0.3) is 0 Å². The van der Waals surface area contributed by atoms with Crippen molar-refractivity contribution in [3.8, 4) is 17.2 Å². The molecule has 8 heteroatoms. The molecule has 0 radical (unpaired) electrons. The summed E-state index contributed by atoms with van der Waals surface area (Å²) in [5.41, 5.74) is 2.35. The van der Waals surface area contributed by atoms with E-state index >= 15 is 0 Å². The van der Waals surface area contributed by atoms with Gasteiger partial charge in [-0.05, 0) is 61.4 Å². The van der Waals surface area contributed by atoms with Crippen molar-refractivity contribution in [2.75, 3.05) is 7.11 Å². The number of carboxylic acid groups (broad SMARTS) is 1. The maximum absolute atomic E-state index is 14.3. The Kier molecular flexibility index (Phi) is 6.11. The third-order valence-corrected chi connectivity index (χ3v) is 4.27. The topological polar surface area (TPSA) is 73.6 Å². The fourth-order valence-corrected chi connectivity index (χ4v) is 2.89. The summed E-state index contributed by atoms with van der Waals surface area (Å²) in [4.78, 5) is 10.6. The number of aliphatic carboxylic acids is 1. The number of carboxylic acids is 1. The van der Waals surface area contributed by atoms with E-state index in [-0.39, 0.29) is 25.0 Å². The molecule has 0 aliphatic heterocycles. The van der Waals surface area contributed by atoms with Crippen LogP contribution in [0.15, 0.2) is 42.5 Å². The zero-order chi connectivity index (χ0) is 21.0. The molecule has 29 heavy (non-hydrogen) atoms. The molecule has 0 saturated carbocycles. The Morgan fingerprint density at radius 3 is 2.38 bits per heavy atom. The molecule has 152 valence electrons. The van der Waals surface area contributed by atoms with E-state index in [9.17, 15) is 13.6 Å². The summed E-state index contributed by atoms with van der Waals surface area (Å²) >= 11 is 0. The normalized spacial score (nSPS) is 10.8. The first-order valence-corrected chi connectivity index (χ1v) is 8.90. The average Bonchev–Trinajstić information content (AvgIpc) is 3.06. The summed E-state index contributed by atoms with van der Waals surface area (Å²) < 4.78 is 40.8. The zero-order valence-corrected chi connectivity index (χ0v) is 16.0. The first kappa shape index (κ1) is 20.3. The van der Waals surface area contributed by atoms with Crippen LogP contribution >= 0.6 is 0 Å². The van der Waals surface area contributed by atoms with Gasteiger partial charge in [-0.25, -0.2) is 13.5 Å². The van der Waals surface area contributed by atoms with Crippen molar-refractivity contribution < 1.29 is 28.2 Å². The fraction of sp³-hybridized carbons (Fsp3) is 0.238. The maximum Gasteiger partial charge on any atom is 0.303 e. The third-order valence-electron chi connectivity index (χ3n) is 4.27. The first-order chi connectivity index (χ1) is 13.9. The molecule has 3 rings (SSSR count). The van der Waals surface area contributed by atoms with Crippen LogP contribution in [0.1, 0.15) is 23.4 Å². The summed E-state index contributed by atoms with van der Waals surface area (Å²) in [6.45, 7) is 1.71. The van der Waals surface area contributed by atoms with Gasteiger partial charge in [0.1, 0.15) is 12.4 Å². The first-order valence-electron chi connectivity index (χ1n) is 8.90. The Bertz CT molecular complexity index is 993. The number of ether oxygens (including phenoxy) is 2. The lowest BCUT2D eigenvalue weighted by Crippen LogP contribution is -2.08. The molecular formula is C21H20F2N2O4. The Labute approximate surface area is 166 Å². The lowest BCUT2D eigenvalue weighted by atomic mass is 10.1. The molecule has 6 nitrogen and oxygen atoms in total. The van der Waals surface area contributed by atoms with Crippen molar-refractivity contribution in [2.24, 2.45) is 0 Å². The van der Waals surface area contributed by atoms with Gasteiger partial charge in [0.15, 0.2) is 17.4 Å². The van der Waals surface area contributed by atoms with Crippen LogP contribution in [0.4, 0.5) is 8.78 Å². The number of halogens is 2. The van der Waals surface area contributed by atoms with E-state index < -0.39 is 23.4 Å². The van der Waals surface area contributed by atoms with Crippen LogP contribution < -0.4 is 9.47 Å². The molecule has 0 unspecified atom stereocenters. The lowest BCUT2D eigenvalue weighted by molar-refractivity contribution is -0.136. The maximum atomic E-state index is 14.3. The predicted octanol–water partition coefficient (Wildman–Crippen LogP) is 4.06. The highest BCUT2D eigenvalue weighted by Gasteiger charge is 2.16. The summed E-state index contributed by atoms with van der Waals surface area (Å²) in [5, 5.41) is 13.1. The highest BCUT2D eigenvalue weighted by atomic mass is 19.1. The second kappa shape index (κ2) is 8.72. The fourth-order valence-electron chi connectivity index (χ4n) is 2.89. The summed E-state index contributed by atoms with van der Waals surface area (Å²) in [7, 11) is 1.57. The van der Waals surface area contributed by atoms with E-state index in [2.05, 4.69) is 5.10 Å². The number of aromatic nitrogens is 2. The van der Waals surface area contributed by atoms with Crippen molar-refractivity contribution >= 4 is 5.97 Å². The van der Waals surface area contributed by atoms with Crippen molar-refractivity contribution in [1.82, 2.24) is 9.78 Å². The number of nitrogens with zero attached hydrogens (tertiary/aromatic N) is 2. The SMILES string of the molecule is COc1ccc(-n2nc(C)cc2COc2c(F)cc(CCC(=O)O)cc2F)cc1. The van der Waals surface area contributed by atoms with Crippen LogP contribution in [0.2, 0.25) is 0 Å². The van der Waals surface area contributed by atoms with E-state index in [1.807, 2.05) is 19.1 Å². The molecule has 0 bridgehead atoms. The second-order valence-electron chi connectivity index (χ2n) is 6.46. The second-order valence-corrected chi connectivity index (χ2v) is 6.46. The summed E-state index contributed by atoms with van der Waals surface area (Å²) in [6.07, 6.45) is -0.174. The van der Waals surface area contributed by atoms with E-state index in [0.29, 0.717) is 11.4 Å². The molecule has 0 aliphatic carbocycles. The van der Waals surface area contributed by atoms with Gasteiger partial charge in [0, 0.05) is 6.42 Å². The predicted molar refractivity (Wildman–Crippen MR) is 101 cm³/mol. The minimum absolute atomic E-state index is 0.0346. The summed E-state index contributed by atoms with van der Waals surface area (Å²) in [5.74, 6) is -2.60. The summed E-state index contributed by atoms with van der Waals surface area (Å²) in [6, 6.07) is 11.1. The Balaban J connectivity index is 1.79. The van der Waals surface area contributed by atoms with Crippen LogP contribution in [0, 0.1) is 18.6 Å². The molecule has 2 aromatic carbocycles. The number of hydrogen-bond donors (Lipinski definition) is 1. The number of aryl methyl sites for hydroxylation is 2. The van der Waals surface area contributed by atoms with Crippen LogP contribution in [-0.4, -0.2) is 28.0 Å². The monoisotopic (exact) mass is 402 g/mol. The van der Waals surface area contributed by atoms with Gasteiger partial charge >= 0.3 is 5.97 Å². The number of hydrogen-bond acceptors (Lipinski definition) is 4. The van der Waals surface area contributed by atoms with Crippen molar-refractivity contribution in [2.45, 2.75) is 26.4 Å². The number of methoxy groups -OCH3 is 1. The molecule has 0 atom stereocenters. The molecule has 1 N–H and O–H groups in total. The quantitative estimate of drug-likeness (QED) is 0.615. The van der Waals surface area contributed by atoms with Gasteiger partial charge in [0.05, 0.1) is 24.2 Å². The van der Waals surface area contributed by atoms with Gasteiger partial charge in [-0.2, -0.15) is 5.10 Å². The van der Waals surface area contributed by atoms with Gasteiger partial charge in [0.2, 0.25) is 0 Å². The molecule has 0 saturated heterocycles. The molecule has 0 aliphatic rings. The Morgan fingerprint density at radius 1 is 1.14 bits per heavy atom. The van der Waals surface area contributed by atoms with E-state index in [1.54, 1.807) is 30.0 Å². The van der Waals surface area contributed by atoms with Gasteiger partial charge in [-0.3, -0.25) is 4.79 Å². The Hall–Kier alpha value is -3.42. The number of benzene rings is 2. The highest BCUT2D eigenvalue weighted by molar-refractivity contribution is 5.67. The minimum Gasteiger partial charge on any atom is -0.497 e. The smallest absolute Gasteiger partial charge is 0.303 e. The Morgan fingerprint density at radius 2 is 1.79 bits per heavy atom. The number of rotatable bonds is 8. The van der Waals surface area contributed by atoms with E-state index in [0.717, 1.165) is 23.5 Å². The molecule has 0 spiro atoms. The largest absolute Gasteiger partial charge is 0.497 e. The van der Waals surface area contributed by atoms with Crippen LogP contribution in [0.3, 0.4) is 0 Å². The van der Waals surface area contributed by atoms with Gasteiger partial charge in [-0.15, -0.1) is 0 Å². The molecule has 1 heterocycles. The molecular weight excluding hydrogens is 382 g/mol. The molecule has 3 aromatic rings. The van der Waals surface area contributed by atoms with Crippen molar-refractivity contribution in [3.05, 3.63) is 71.1 Å². The molecule has 0 fully saturated rings. The number of carbonyl (C=O) groups is 1. The van der Waals surface area contributed by atoms with Crippen molar-refractivity contribution in [3.63, 3.8) is 0 Å². The van der Waals surface area contributed by atoms with Crippen LogP contribution in [-0.2, 0) is 17.8 Å². The van der Waals surface area contributed by atoms with Gasteiger partial charge < -0.3 is 14.6 Å². The van der Waals surface area contributed by atoms with Crippen LogP contribution in [0.25, 0.3) is 5.69 Å². The standard InChI is InChI=1S/C21H20F2N2O4/c1-13-9-16(25(24-13)15-4-6-17(28-2)7-5-15)12-29-21-18(22)10-14(11-19(21)23)3-8-20(26)27/h4-7,9-11H,3,8,12H2,1-2H3,(H,26,27). The third kappa shape index (κ3) is 4.90. The average molecular weight is 402 g/mol.